The van der Waals surface area contributed by atoms with Gasteiger partial charge in [0.2, 0.25) is 0 Å². The Bertz CT molecular complexity index is 1020. The number of aromatic amines is 1. The topological polar surface area (TPSA) is 105 Å². The van der Waals surface area contributed by atoms with Gasteiger partial charge in [0.05, 0.1) is 7.11 Å². The number of anilines is 2. The lowest BCUT2D eigenvalue weighted by Crippen LogP contribution is -2.12. The lowest BCUT2D eigenvalue weighted by Gasteiger charge is -2.05. The Hall–Kier alpha value is -3.39. The number of hydrogen-bond acceptors (Lipinski definition) is 5. The van der Waals surface area contributed by atoms with Crippen LogP contribution in [-0.2, 0) is 0 Å². The molecular weight excluding hydrogens is 373 g/mol. The molecule has 0 saturated carbocycles. The highest BCUT2D eigenvalue weighted by Gasteiger charge is 2.18. The van der Waals surface area contributed by atoms with Crippen molar-refractivity contribution in [3.05, 3.63) is 64.4 Å². The number of methoxy groups -OCH3 is 1. The maximum atomic E-state index is 13.5. The van der Waals surface area contributed by atoms with Crippen molar-refractivity contribution >= 4 is 41.0 Å². The first kappa shape index (κ1) is 18.4. The van der Waals surface area contributed by atoms with Crippen molar-refractivity contribution in [2.45, 2.75) is 0 Å². The van der Waals surface area contributed by atoms with E-state index >= 15 is 0 Å². The normalized spacial score (nSPS) is 10.9. The van der Waals surface area contributed by atoms with Crippen LogP contribution in [0.15, 0.2) is 47.5 Å². The van der Waals surface area contributed by atoms with E-state index in [0.29, 0.717) is 22.0 Å². The van der Waals surface area contributed by atoms with Crippen LogP contribution in [0.3, 0.4) is 0 Å². The fraction of sp³-hybridized carbons (Fsp3) is 0.0556. The molecule has 0 saturated heterocycles. The highest BCUT2D eigenvalue weighted by atomic mass is 35.5. The van der Waals surface area contributed by atoms with E-state index in [-0.39, 0.29) is 17.2 Å². The van der Waals surface area contributed by atoms with E-state index in [4.69, 9.17) is 22.1 Å². The minimum atomic E-state index is -0.730. The van der Waals surface area contributed by atoms with Crippen molar-refractivity contribution in [2.75, 3.05) is 12.4 Å². The third-order valence-electron chi connectivity index (χ3n) is 3.61. The summed E-state index contributed by atoms with van der Waals surface area (Å²) >= 11 is 5.95. The molecule has 0 aliphatic carbocycles. The number of H-pyrrole nitrogens is 1. The number of ether oxygens (including phenoxy) is 1. The second-order valence-electron chi connectivity index (χ2n) is 5.44. The number of hydrogen-bond donors (Lipinski definition) is 3. The smallest absolute Gasteiger partial charge is 0.256 e. The molecule has 3 aromatic rings. The first-order valence-corrected chi connectivity index (χ1v) is 8.14. The van der Waals surface area contributed by atoms with Gasteiger partial charge in [-0.3, -0.25) is 9.89 Å². The van der Waals surface area contributed by atoms with Crippen LogP contribution in [0.4, 0.5) is 21.7 Å². The highest BCUT2D eigenvalue weighted by Crippen LogP contribution is 2.27. The van der Waals surface area contributed by atoms with Crippen molar-refractivity contribution < 1.29 is 13.9 Å². The molecule has 0 aliphatic heterocycles. The number of primary amides is 1. The first-order chi connectivity index (χ1) is 13.0. The van der Waals surface area contributed by atoms with E-state index < -0.39 is 11.7 Å². The fourth-order valence-electron chi connectivity index (χ4n) is 2.39. The van der Waals surface area contributed by atoms with Gasteiger partial charge in [-0.1, -0.05) is 17.7 Å². The van der Waals surface area contributed by atoms with Gasteiger partial charge in [0.25, 0.3) is 5.91 Å². The number of nitrogens with one attached hydrogen (secondary N) is 2. The van der Waals surface area contributed by atoms with Gasteiger partial charge in [-0.05, 0) is 36.4 Å². The van der Waals surface area contributed by atoms with Crippen molar-refractivity contribution in [3.8, 4) is 5.75 Å². The van der Waals surface area contributed by atoms with Crippen LogP contribution in [-0.4, -0.2) is 29.4 Å². The van der Waals surface area contributed by atoms with Gasteiger partial charge in [-0.15, -0.1) is 0 Å². The number of amides is 1. The highest BCUT2D eigenvalue weighted by molar-refractivity contribution is 6.30. The number of halogens is 2. The second-order valence-corrected chi connectivity index (χ2v) is 5.88. The minimum Gasteiger partial charge on any atom is -0.496 e. The van der Waals surface area contributed by atoms with E-state index in [1.807, 2.05) is 0 Å². The Kier molecular flexibility index (Phi) is 5.37. The summed E-state index contributed by atoms with van der Waals surface area (Å²) in [5.74, 6) is -0.425. The average molecular weight is 388 g/mol. The van der Waals surface area contributed by atoms with Crippen LogP contribution in [0.25, 0.3) is 0 Å². The van der Waals surface area contributed by atoms with Crippen LogP contribution < -0.4 is 15.8 Å². The molecular formula is C18H15ClFN5O2. The Labute approximate surface area is 159 Å². The van der Waals surface area contributed by atoms with Crippen molar-refractivity contribution in [3.63, 3.8) is 0 Å². The fourth-order valence-corrected chi connectivity index (χ4v) is 2.58. The minimum absolute atomic E-state index is 0.0570. The maximum Gasteiger partial charge on any atom is 0.256 e. The van der Waals surface area contributed by atoms with Crippen LogP contribution in [0.1, 0.15) is 15.9 Å². The summed E-state index contributed by atoms with van der Waals surface area (Å²) < 4.78 is 18.6. The molecule has 3 rings (SSSR count). The van der Waals surface area contributed by atoms with E-state index in [1.165, 1.54) is 31.5 Å². The number of nitrogens with two attached hydrogens (primary N) is 1. The van der Waals surface area contributed by atoms with Crippen molar-refractivity contribution in [2.24, 2.45) is 10.7 Å². The molecule has 2 aromatic carbocycles. The molecule has 0 bridgehead atoms. The number of carbonyl (C=O) groups is 1. The average Bonchev–Trinajstić information content (AvgIpc) is 3.03. The zero-order valence-corrected chi connectivity index (χ0v) is 14.9. The zero-order valence-electron chi connectivity index (χ0n) is 14.2. The predicted molar refractivity (Wildman–Crippen MR) is 102 cm³/mol. The predicted octanol–water partition coefficient (Wildman–Crippen LogP) is 3.80. The molecule has 1 heterocycles. The molecule has 7 nitrogen and oxygen atoms in total. The molecule has 1 amide bonds. The Morgan fingerprint density at radius 3 is 2.89 bits per heavy atom. The van der Waals surface area contributed by atoms with Crippen LogP contribution in [0, 0.1) is 5.82 Å². The van der Waals surface area contributed by atoms with Gasteiger partial charge in [-0.25, -0.2) is 9.38 Å². The molecule has 27 heavy (non-hydrogen) atoms. The van der Waals surface area contributed by atoms with Crippen LogP contribution >= 0.6 is 11.6 Å². The molecule has 0 aliphatic rings. The Morgan fingerprint density at radius 2 is 2.19 bits per heavy atom. The number of benzene rings is 2. The summed E-state index contributed by atoms with van der Waals surface area (Å²) in [5.41, 5.74) is 6.55. The monoisotopic (exact) mass is 387 g/mol. The Morgan fingerprint density at radius 1 is 1.37 bits per heavy atom. The lowest BCUT2D eigenvalue weighted by molar-refractivity contribution is 0.100. The molecule has 0 spiro atoms. The van der Waals surface area contributed by atoms with Gasteiger partial charge in [0.1, 0.15) is 17.1 Å². The lowest BCUT2D eigenvalue weighted by atomic mass is 10.2. The quantitative estimate of drug-likeness (QED) is 0.559. The first-order valence-electron chi connectivity index (χ1n) is 7.76. The number of carbonyl (C=O) groups excluding carboxylic acids is 1. The molecule has 138 valence electrons. The van der Waals surface area contributed by atoms with Gasteiger partial charge >= 0.3 is 0 Å². The summed E-state index contributed by atoms with van der Waals surface area (Å²) in [6.07, 6.45) is 1.35. The van der Waals surface area contributed by atoms with Crippen LogP contribution in [0.2, 0.25) is 5.02 Å². The Balaban J connectivity index is 1.94. The third kappa shape index (κ3) is 4.24. The maximum absolute atomic E-state index is 13.5. The largest absolute Gasteiger partial charge is 0.496 e. The molecule has 0 atom stereocenters. The molecule has 9 heteroatoms. The molecule has 0 fully saturated rings. The van der Waals surface area contributed by atoms with E-state index in [1.54, 1.807) is 24.3 Å². The number of aliphatic imine (C=N–C) groups is 1. The summed E-state index contributed by atoms with van der Waals surface area (Å²) in [4.78, 5) is 16.1. The van der Waals surface area contributed by atoms with Crippen molar-refractivity contribution in [1.29, 1.82) is 0 Å². The number of nitrogens with zero attached hydrogens (tertiary/aromatic N) is 2. The van der Waals surface area contributed by atoms with E-state index in [0.717, 1.165) is 0 Å². The van der Waals surface area contributed by atoms with Gasteiger partial charge < -0.3 is 15.8 Å². The molecule has 1 aromatic heterocycles. The number of aromatic nitrogens is 2. The summed E-state index contributed by atoms with van der Waals surface area (Å²) in [7, 11) is 1.46. The van der Waals surface area contributed by atoms with Crippen molar-refractivity contribution in [1.82, 2.24) is 10.2 Å². The van der Waals surface area contributed by atoms with Crippen LogP contribution in [0.5, 0.6) is 5.75 Å². The summed E-state index contributed by atoms with van der Waals surface area (Å²) in [6, 6.07) is 10.9. The van der Waals surface area contributed by atoms with E-state index in [9.17, 15) is 9.18 Å². The molecule has 4 N–H and O–H groups in total. The van der Waals surface area contributed by atoms with Gasteiger partial charge in [-0.2, -0.15) is 5.10 Å². The van der Waals surface area contributed by atoms with Gasteiger partial charge in [0, 0.05) is 22.5 Å². The second kappa shape index (κ2) is 7.88. The SMILES string of the molecule is COc1ccc(F)cc1/C=N/c1[nH]nc(Nc2cccc(Cl)c2)c1C(N)=O. The number of rotatable bonds is 6. The standard InChI is InChI=1S/C18H15ClFN5O2/c1-27-14-6-5-12(20)7-10(14)9-22-17-15(16(21)26)18(25-24-17)23-13-4-2-3-11(19)8-13/h2-9H,1H3,(H2,21,26)(H2,23,24,25)/b22-9+. The molecule has 0 unspecified atom stereocenters. The zero-order chi connectivity index (χ0) is 19.4. The summed E-state index contributed by atoms with van der Waals surface area (Å²) in [5, 5.41) is 10.1. The molecule has 0 radical (unpaired) electrons. The summed E-state index contributed by atoms with van der Waals surface area (Å²) in [6.45, 7) is 0. The third-order valence-corrected chi connectivity index (χ3v) is 3.84. The van der Waals surface area contributed by atoms with E-state index in [2.05, 4.69) is 20.5 Å². The van der Waals surface area contributed by atoms with Gasteiger partial charge in [0.15, 0.2) is 11.6 Å².